The van der Waals surface area contributed by atoms with Crippen molar-refractivity contribution >= 4 is 27.0 Å². The van der Waals surface area contributed by atoms with E-state index in [-0.39, 0.29) is 22.8 Å². The first-order valence-corrected chi connectivity index (χ1v) is 8.82. The summed E-state index contributed by atoms with van der Waals surface area (Å²) in [5.41, 5.74) is 0.287. The number of methoxy groups -OCH3 is 2. The summed E-state index contributed by atoms with van der Waals surface area (Å²) >= 11 is 1.19. The van der Waals surface area contributed by atoms with Crippen molar-refractivity contribution in [2.24, 2.45) is 0 Å². The van der Waals surface area contributed by atoms with Gasteiger partial charge in [-0.1, -0.05) is 18.2 Å². The summed E-state index contributed by atoms with van der Waals surface area (Å²) < 4.78 is 11.2. The van der Waals surface area contributed by atoms with Crippen LogP contribution in [-0.2, 0) is 6.42 Å². The highest BCUT2D eigenvalue weighted by Crippen LogP contribution is 2.30. The molecule has 0 radical (unpaired) electrons. The number of allylic oxidation sites excluding steroid dienone is 2. The third-order valence-corrected chi connectivity index (χ3v) is 5.03. The molecule has 0 unspecified atom stereocenters. The Morgan fingerprint density at radius 1 is 1.19 bits per heavy atom. The van der Waals surface area contributed by atoms with Gasteiger partial charge in [0.1, 0.15) is 22.4 Å². The first kappa shape index (κ1) is 18.4. The third-order valence-electron chi connectivity index (χ3n) is 3.96. The zero-order valence-electron chi connectivity index (χ0n) is 14.7. The summed E-state index contributed by atoms with van der Waals surface area (Å²) in [6, 6.07) is 14.2. The molecule has 0 fully saturated rings. The zero-order chi connectivity index (χ0) is 19.4. The van der Waals surface area contributed by atoms with Crippen LogP contribution in [0.3, 0.4) is 0 Å². The Morgan fingerprint density at radius 2 is 1.93 bits per heavy atom. The second kappa shape index (κ2) is 7.89. The second-order valence-electron chi connectivity index (χ2n) is 5.62. The standard InChI is InChI=1S/C20H16N2O4S/c1-25-16-8-7-12(10-17(16)26-2)9-15(23)14(11-21)20-22-19(24)13-5-3-4-6-18(13)27-20/h3-8,10,23H,9H2,1-2H3/b15-14-. The lowest BCUT2D eigenvalue weighted by atomic mass is 10.1. The van der Waals surface area contributed by atoms with Gasteiger partial charge in [-0.2, -0.15) is 10.2 Å². The van der Waals surface area contributed by atoms with Gasteiger partial charge in [0.25, 0.3) is 5.56 Å². The van der Waals surface area contributed by atoms with Crippen molar-refractivity contribution in [2.45, 2.75) is 6.42 Å². The molecule has 6 nitrogen and oxygen atoms in total. The molecule has 27 heavy (non-hydrogen) atoms. The van der Waals surface area contributed by atoms with Gasteiger partial charge >= 0.3 is 0 Å². The topological polar surface area (TPSA) is 92.4 Å². The Balaban J connectivity index is 2.03. The fourth-order valence-corrected chi connectivity index (χ4v) is 3.64. The third kappa shape index (κ3) is 3.76. The van der Waals surface area contributed by atoms with Crippen molar-refractivity contribution in [3.05, 3.63) is 69.1 Å². The van der Waals surface area contributed by atoms with Crippen molar-refractivity contribution < 1.29 is 14.6 Å². The Kier molecular flexibility index (Phi) is 5.38. The molecule has 7 heteroatoms. The number of nitrogens with zero attached hydrogens (tertiary/aromatic N) is 2. The van der Waals surface area contributed by atoms with E-state index in [0.29, 0.717) is 21.6 Å². The number of aliphatic hydroxyl groups is 1. The summed E-state index contributed by atoms with van der Waals surface area (Å²) in [5.74, 6) is 0.928. The predicted molar refractivity (Wildman–Crippen MR) is 104 cm³/mol. The normalized spacial score (nSPS) is 11.6. The number of hydrogen-bond acceptors (Lipinski definition) is 7. The summed E-state index contributed by atoms with van der Waals surface area (Å²) in [7, 11) is 3.06. The highest BCUT2D eigenvalue weighted by molar-refractivity contribution is 7.19. The van der Waals surface area contributed by atoms with E-state index in [1.54, 1.807) is 42.5 Å². The first-order valence-electron chi connectivity index (χ1n) is 8.00. The van der Waals surface area contributed by atoms with Crippen LogP contribution in [-0.4, -0.2) is 24.3 Å². The molecule has 0 aliphatic rings. The van der Waals surface area contributed by atoms with Gasteiger partial charge in [0.2, 0.25) is 0 Å². The molecule has 0 saturated heterocycles. The molecule has 0 saturated carbocycles. The molecule has 0 aliphatic heterocycles. The van der Waals surface area contributed by atoms with Crippen molar-refractivity contribution in [1.82, 2.24) is 4.98 Å². The lowest BCUT2D eigenvalue weighted by Gasteiger charge is -2.10. The van der Waals surface area contributed by atoms with Crippen LogP contribution in [0.25, 0.3) is 15.7 Å². The van der Waals surface area contributed by atoms with Gasteiger partial charge in [0, 0.05) is 11.1 Å². The maximum atomic E-state index is 12.2. The van der Waals surface area contributed by atoms with Crippen LogP contribution >= 0.6 is 11.3 Å². The maximum absolute atomic E-state index is 12.2. The predicted octanol–water partition coefficient (Wildman–Crippen LogP) is 3.71. The van der Waals surface area contributed by atoms with Gasteiger partial charge in [0.15, 0.2) is 11.5 Å². The maximum Gasteiger partial charge on any atom is 0.279 e. The Morgan fingerprint density at radius 3 is 2.63 bits per heavy atom. The van der Waals surface area contributed by atoms with E-state index < -0.39 is 5.56 Å². The monoisotopic (exact) mass is 380 g/mol. The molecule has 2 aromatic carbocycles. The smallest absolute Gasteiger partial charge is 0.279 e. The summed E-state index contributed by atoms with van der Waals surface area (Å²) in [4.78, 5) is 16.2. The highest BCUT2D eigenvalue weighted by Gasteiger charge is 2.15. The number of benzene rings is 2. The number of fused-ring (bicyclic) bond motifs is 1. The van der Waals surface area contributed by atoms with E-state index in [9.17, 15) is 15.2 Å². The number of hydrogen-bond donors (Lipinski definition) is 1. The van der Waals surface area contributed by atoms with Gasteiger partial charge in [0.05, 0.1) is 19.6 Å². The molecule has 0 bridgehead atoms. The van der Waals surface area contributed by atoms with Crippen LogP contribution < -0.4 is 15.0 Å². The van der Waals surface area contributed by atoms with Crippen LogP contribution in [0.4, 0.5) is 0 Å². The largest absolute Gasteiger partial charge is 0.510 e. The minimum atomic E-state index is -0.425. The molecule has 3 rings (SSSR count). The Bertz CT molecular complexity index is 1130. The fourth-order valence-electron chi connectivity index (χ4n) is 2.63. The van der Waals surface area contributed by atoms with Crippen molar-refractivity contribution in [1.29, 1.82) is 5.26 Å². The van der Waals surface area contributed by atoms with Gasteiger partial charge in [-0.05, 0) is 29.8 Å². The van der Waals surface area contributed by atoms with Gasteiger partial charge in [-0.25, -0.2) is 0 Å². The van der Waals surface area contributed by atoms with Gasteiger partial charge in [-0.15, -0.1) is 11.3 Å². The summed E-state index contributed by atoms with van der Waals surface area (Å²) in [6.45, 7) is 0. The average Bonchev–Trinajstić information content (AvgIpc) is 2.68. The molecular formula is C20H16N2O4S. The SMILES string of the molecule is COc1ccc(C/C(O)=C(\C#N)c2nc(=O)c3ccccc3s2)cc1OC. The van der Waals surface area contributed by atoms with Gasteiger partial charge < -0.3 is 14.6 Å². The number of aromatic nitrogens is 1. The molecule has 3 aromatic rings. The fraction of sp³-hybridized carbons (Fsp3) is 0.150. The van der Waals surface area contributed by atoms with Crippen LogP contribution in [0.15, 0.2) is 53.0 Å². The second-order valence-corrected chi connectivity index (χ2v) is 6.65. The van der Waals surface area contributed by atoms with E-state index in [1.165, 1.54) is 25.6 Å². The van der Waals surface area contributed by atoms with E-state index in [1.807, 2.05) is 6.07 Å². The minimum absolute atomic E-state index is 0.0161. The molecule has 1 heterocycles. The molecule has 1 N–H and O–H groups in total. The van der Waals surface area contributed by atoms with E-state index in [4.69, 9.17) is 9.47 Å². The van der Waals surface area contributed by atoms with E-state index >= 15 is 0 Å². The molecule has 0 spiro atoms. The Labute approximate surface area is 159 Å². The van der Waals surface area contributed by atoms with Crippen LogP contribution in [0.2, 0.25) is 0 Å². The number of aliphatic hydroxyl groups excluding tert-OH is 1. The van der Waals surface area contributed by atoms with Gasteiger partial charge in [-0.3, -0.25) is 4.79 Å². The highest BCUT2D eigenvalue weighted by atomic mass is 32.1. The van der Waals surface area contributed by atoms with Crippen LogP contribution in [0, 0.1) is 11.3 Å². The molecule has 136 valence electrons. The molecule has 0 atom stereocenters. The van der Waals surface area contributed by atoms with Crippen LogP contribution in [0.5, 0.6) is 11.5 Å². The van der Waals surface area contributed by atoms with Crippen LogP contribution in [0.1, 0.15) is 10.6 Å². The lowest BCUT2D eigenvalue weighted by Crippen LogP contribution is -2.08. The van der Waals surface area contributed by atoms with E-state index in [0.717, 1.165) is 5.56 Å². The molecule has 1 aromatic heterocycles. The quantitative estimate of drug-likeness (QED) is 0.536. The number of rotatable bonds is 5. The molecule has 0 amide bonds. The van der Waals surface area contributed by atoms with E-state index in [2.05, 4.69) is 4.98 Å². The number of nitriles is 1. The Hall–Kier alpha value is -3.37. The van der Waals surface area contributed by atoms with Crippen molar-refractivity contribution in [2.75, 3.05) is 14.2 Å². The molecular weight excluding hydrogens is 364 g/mol. The van der Waals surface area contributed by atoms with Crippen molar-refractivity contribution in [3.8, 4) is 17.6 Å². The zero-order valence-corrected chi connectivity index (χ0v) is 15.5. The summed E-state index contributed by atoms with van der Waals surface area (Å²) in [6.07, 6.45) is 0.0959. The van der Waals surface area contributed by atoms with Crippen molar-refractivity contribution in [3.63, 3.8) is 0 Å². The first-order chi connectivity index (χ1) is 13.1. The summed E-state index contributed by atoms with van der Waals surface area (Å²) in [5, 5.41) is 20.7. The average molecular weight is 380 g/mol. The molecule has 0 aliphatic carbocycles. The minimum Gasteiger partial charge on any atom is -0.510 e. The lowest BCUT2D eigenvalue weighted by molar-refractivity contribution is 0.354. The number of ether oxygens (including phenoxy) is 2.